The van der Waals surface area contributed by atoms with Crippen LogP contribution in [0.4, 0.5) is 0 Å². The summed E-state index contributed by atoms with van der Waals surface area (Å²) in [5.74, 6) is 1.46. The van der Waals surface area contributed by atoms with Crippen molar-refractivity contribution in [1.29, 1.82) is 0 Å². The molecule has 0 amide bonds. The molecule has 0 aliphatic carbocycles. The molecule has 1 N–H and O–H groups in total. The molecule has 0 unspecified atom stereocenters. The Labute approximate surface area is 104 Å². The third-order valence-electron chi connectivity index (χ3n) is 2.25. The zero-order valence-corrected chi connectivity index (χ0v) is 10.3. The van der Waals surface area contributed by atoms with Gasteiger partial charge in [0.25, 0.3) is 0 Å². The lowest BCUT2D eigenvalue weighted by atomic mass is 10.3. The number of benzene rings is 1. The molecular weight excluding hydrogens is 234 g/mol. The number of aromatic nitrogens is 1. The van der Waals surface area contributed by atoms with E-state index in [1.165, 1.54) is 4.90 Å². The predicted molar refractivity (Wildman–Crippen MR) is 68.5 cm³/mol. The highest BCUT2D eigenvalue weighted by molar-refractivity contribution is 7.98. The molecule has 0 aliphatic rings. The Morgan fingerprint density at radius 2 is 1.94 bits per heavy atom. The van der Waals surface area contributed by atoms with Crippen LogP contribution in [-0.2, 0) is 6.61 Å². The molecule has 3 nitrogen and oxygen atoms in total. The molecule has 2 aromatic rings. The molecule has 88 valence electrons. The number of hydrogen-bond acceptors (Lipinski definition) is 4. The smallest absolute Gasteiger partial charge is 0.130 e. The molecule has 0 saturated heterocycles. The first-order valence-corrected chi connectivity index (χ1v) is 6.42. The quantitative estimate of drug-likeness (QED) is 0.843. The van der Waals surface area contributed by atoms with E-state index in [4.69, 9.17) is 9.84 Å². The highest BCUT2D eigenvalue weighted by Gasteiger charge is 1.99. The molecule has 0 radical (unpaired) electrons. The first kappa shape index (κ1) is 12.0. The fraction of sp³-hybridized carbons (Fsp3) is 0.154. The minimum Gasteiger partial charge on any atom is -0.457 e. The summed E-state index contributed by atoms with van der Waals surface area (Å²) in [4.78, 5) is 5.19. The van der Waals surface area contributed by atoms with Crippen molar-refractivity contribution in [3.63, 3.8) is 0 Å². The van der Waals surface area contributed by atoms with E-state index in [9.17, 15) is 0 Å². The molecule has 0 atom stereocenters. The van der Waals surface area contributed by atoms with Crippen LogP contribution in [0.1, 0.15) is 5.69 Å². The van der Waals surface area contributed by atoms with Crippen molar-refractivity contribution >= 4 is 11.8 Å². The second-order valence-electron chi connectivity index (χ2n) is 3.42. The van der Waals surface area contributed by atoms with Crippen LogP contribution >= 0.6 is 11.8 Å². The van der Waals surface area contributed by atoms with Gasteiger partial charge in [-0.05, 0) is 36.6 Å². The van der Waals surface area contributed by atoms with Gasteiger partial charge in [-0.15, -0.1) is 11.8 Å². The minimum atomic E-state index is -0.0807. The molecule has 0 saturated carbocycles. The molecule has 0 bridgehead atoms. The molecule has 1 heterocycles. The number of hydrogen-bond donors (Lipinski definition) is 1. The third-order valence-corrected chi connectivity index (χ3v) is 2.99. The Bertz CT molecular complexity index is 485. The largest absolute Gasteiger partial charge is 0.457 e. The third kappa shape index (κ3) is 3.22. The van der Waals surface area contributed by atoms with Gasteiger partial charge in [-0.1, -0.05) is 0 Å². The number of rotatable bonds is 4. The van der Waals surface area contributed by atoms with Gasteiger partial charge in [-0.2, -0.15) is 0 Å². The number of aliphatic hydroxyl groups is 1. The Morgan fingerprint density at radius 1 is 1.18 bits per heavy atom. The first-order chi connectivity index (χ1) is 8.31. The van der Waals surface area contributed by atoms with Gasteiger partial charge in [0.15, 0.2) is 0 Å². The van der Waals surface area contributed by atoms with Crippen molar-refractivity contribution in [2.45, 2.75) is 11.5 Å². The number of aliphatic hydroxyl groups excluding tert-OH is 1. The van der Waals surface area contributed by atoms with E-state index in [1.54, 1.807) is 30.1 Å². The Kier molecular flexibility index (Phi) is 4.01. The highest BCUT2D eigenvalue weighted by atomic mass is 32.2. The number of ether oxygens (including phenoxy) is 1. The predicted octanol–water partition coefficient (Wildman–Crippen LogP) is 3.09. The Hall–Kier alpha value is -1.52. The molecule has 4 heteroatoms. The van der Waals surface area contributed by atoms with Gasteiger partial charge in [0.1, 0.15) is 11.5 Å². The SMILES string of the molecule is CSc1ccc(Oc2ccnc(CO)c2)cc1. The second kappa shape index (κ2) is 5.70. The summed E-state index contributed by atoms with van der Waals surface area (Å²) in [7, 11) is 0. The van der Waals surface area contributed by atoms with Crippen LogP contribution in [-0.4, -0.2) is 16.3 Å². The fourth-order valence-electron chi connectivity index (χ4n) is 1.39. The zero-order chi connectivity index (χ0) is 12.1. The van der Waals surface area contributed by atoms with Gasteiger partial charge in [0, 0.05) is 17.2 Å². The summed E-state index contributed by atoms with van der Waals surface area (Å²) in [6.07, 6.45) is 3.66. The summed E-state index contributed by atoms with van der Waals surface area (Å²) in [6.45, 7) is -0.0807. The lowest BCUT2D eigenvalue weighted by Gasteiger charge is -2.06. The maximum Gasteiger partial charge on any atom is 0.130 e. The maximum atomic E-state index is 8.98. The summed E-state index contributed by atoms with van der Waals surface area (Å²) >= 11 is 1.69. The van der Waals surface area contributed by atoms with E-state index in [0.717, 1.165) is 5.75 Å². The minimum absolute atomic E-state index is 0.0807. The van der Waals surface area contributed by atoms with Crippen LogP contribution in [0.15, 0.2) is 47.5 Å². The van der Waals surface area contributed by atoms with Crippen LogP contribution in [0.5, 0.6) is 11.5 Å². The van der Waals surface area contributed by atoms with Gasteiger partial charge in [-0.25, -0.2) is 0 Å². The highest BCUT2D eigenvalue weighted by Crippen LogP contribution is 2.24. The molecule has 0 fully saturated rings. The van der Waals surface area contributed by atoms with Gasteiger partial charge in [0.05, 0.1) is 12.3 Å². The van der Waals surface area contributed by atoms with E-state index in [2.05, 4.69) is 4.98 Å². The van der Waals surface area contributed by atoms with Crippen LogP contribution in [0.2, 0.25) is 0 Å². The van der Waals surface area contributed by atoms with E-state index in [1.807, 2.05) is 30.5 Å². The molecular formula is C13H13NO2S. The van der Waals surface area contributed by atoms with E-state index in [0.29, 0.717) is 11.4 Å². The molecule has 0 spiro atoms. The monoisotopic (exact) mass is 247 g/mol. The van der Waals surface area contributed by atoms with E-state index in [-0.39, 0.29) is 6.61 Å². The molecule has 1 aromatic heterocycles. The van der Waals surface area contributed by atoms with Crippen LogP contribution < -0.4 is 4.74 Å². The van der Waals surface area contributed by atoms with Crippen LogP contribution in [0.3, 0.4) is 0 Å². The zero-order valence-electron chi connectivity index (χ0n) is 9.46. The topological polar surface area (TPSA) is 42.4 Å². The van der Waals surface area contributed by atoms with Crippen molar-refractivity contribution in [2.75, 3.05) is 6.26 Å². The van der Waals surface area contributed by atoms with Gasteiger partial charge < -0.3 is 9.84 Å². The van der Waals surface area contributed by atoms with E-state index < -0.39 is 0 Å². The molecule has 0 aliphatic heterocycles. The average Bonchev–Trinajstić information content (AvgIpc) is 2.40. The maximum absolute atomic E-state index is 8.98. The van der Waals surface area contributed by atoms with Gasteiger partial charge >= 0.3 is 0 Å². The fourth-order valence-corrected chi connectivity index (χ4v) is 1.79. The molecule has 2 rings (SSSR count). The van der Waals surface area contributed by atoms with Crippen molar-refractivity contribution < 1.29 is 9.84 Å². The normalized spacial score (nSPS) is 10.2. The van der Waals surface area contributed by atoms with Gasteiger partial charge in [0.2, 0.25) is 0 Å². The standard InChI is InChI=1S/C13H13NO2S/c1-17-13-4-2-11(3-5-13)16-12-6-7-14-10(8-12)9-15/h2-8,15H,9H2,1H3. The van der Waals surface area contributed by atoms with Crippen molar-refractivity contribution in [1.82, 2.24) is 4.98 Å². The van der Waals surface area contributed by atoms with Crippen LogP contribution in [0, 0.1) is 0 Å². The molecule has 17 heavy (non-hydrogen) atoms. The van der Waals surface area contributed by atoms with Crippen LogP contribution in [0.25, 0.3) is 0 Å². The summed E-state index contributed by atoms with van der Waals surface area (Å²) < 4.78 is 5.66. The summed E-state index contributed by atoms with van der Waals surface area (Å²) in [5.41, 5.74) is 0.600. The average molecular weight is 247 g/mol. The second-order valence-corrected chi connectivity index (χ2v) is 4.30. The molecule has 1 aromatic carbocycles. The lowest BCUT2D eigenvalue weighted by Crippen LogP contribution is -1.90. The van der Waals surface area contributed by atoms with Crippen molar-refractivity contribution in [3.8, 4) is 11.5 Å². The first-order valence-electron chi connectivity index (χ1n) is 5.19. The summed E-state index contributed by atoms with van der Waals surface area (Å²) in [6, 6.07) is 11.3. The number of pyridine rings is 1. The lowest BCUT2D eigenvalue weighted by molar-refractivity contribution is 0.276. The van der Waals surface area contributed by atoms with Crippen molar-refractivity contribution in [2.24, 2.45) is 0 Å². The Morgan fingerprint density at radius 3 is 2.59 bits per heavy atom. The Balaban J connectivity index is 2.13. The number of nitrogens with zero attached hydrogens (tertiary/aromatic N) is 1. The van der Waals surface area contributed by atoms with E-state index >= 15 is 0 Å². The van der Waals surface area contributed by atoms with Gasteiger partial charge in [-0.3, -0.25) is 4.98 Å². The number of thioether (sulfide) groups is 1. The van der Waals surface area contributed by atoms with Crippen molar-refractivity contribution in [3.05, 3.63) is 48.3 Å². The summed E-state index contributed by atoms with van der Waals surface area (Å²) in [5, 5.41) is 8.98.